The molecule has 0 bridgehead atoms. The quantitative estimate of drug-likeness (QED) is 0.702. The van der Waals surface area contributed by atoms with E-state index in [9.17, 15) is 9.59 Å². The molecule has 0 N–H and O–H groups in total. The smallest absolute Gasteiger partial charge is 0.324 e. The van der Waals surface area contributed by atoms with Crippen LogP contribution in [0.1, 0.15) is 52.4 Å². The first kappa shape index (κ1) is 17.1. The lowest BCUT2D eigenvalue weighted by atomic mass is 9.69. The highest BCUT2D eigenvalue weighted by Gasteiger charge is 2.64. The molecule has 26 heavy (non-hydrogen) atoms. The predicted octanol–water partition coefficient (Wildman–Crippen LogP) is 2.07. The summed E-state index contributed by atoms with van der Waals surface area (Å²) in [6.07, 6.45) is 4.17. The fourth-order valence-electron chi connectivity index (χ4n) is 4.57. The number of carbonyl (C=O) groups is 2. The molecule has 2 aliphatic heterocycles. The van der Waals surface area contributed by atoms with Crippen molar-refractivity contribution < 1.29 is 19.1 Å². The number of fused-ring (bicyclic) bond motifs is 2. The van der Waals surface area contributed by atoms with Gasteiger partial charge < -0.3 is 9.47 Å². The summed E-state index contributed by atoms with van der Waals surface area (Å²) in [6, 6.07) is 0. The van der Waals surface area contributed by atoms with Gasteiger partial charge in [-0.15, -0.1) is 0 Å². The molecule has 0 amide bonds. The molecule has 8 heteroatoms. The molecular formula is C18H22N4O4. The van der Waals surface area contributed by atoms with E-state index in [2.05, 4.69) is 20.4 Å². The van der Waals surface area contributed by atoms with Gasteiger partial charge in [-0.25, -0.2) is 0 Å². The third kappa shape index (κ3) is 2.01. The van der Waals surface area contributed by atoms with Crippen molar-refractivity contribution in [3.05, 3.63) is 0 Å². The third-order valence-corrected chi connectivity index (χ3v) is 5.74. The van der Waals surface area contributed by atoms with Gasteiger partial charge in [0.1, 0.15) is 11.4 Å². The van der Waals surface area contributed by atoms with Gasteiger partial charge in [0, 0.05) is 0 Å². The largest absolute Gasteiger partial charge is 0.465 e. The van der Waals surface area contributed by atoms with Crippen molar-refractivity contribution in [2.24, 2.45) is 31.2 Å². The van der Waals surface area contributed by atoms with E-state index in [0.717, 1.165) is 12.8 Å². The molecule has 2 atom stereocenters. The van der Waals surface area contributed by atoms with Crippen molar-refractivity contribution >= 4 is 34.8 Å². The first-order valence-electron chi connectivity index (χ1n) is 9.27. The zero-order valence-corrected chi connectivity index (χ0v) is 15.1. The fourth-order valence-corrected chi connectivity index (χ4v) is 4.57. The van der Waals surface area contributed by atoms with Crippen LogP contribution in [0.15, 0.2) is 20.4 Å². The van der Waals surface area contributed by atoms with Gasteiger partial charge in [-0.3, -0.25) is 9.59 Å². The Labute approximate surface area is 151 Å². The van der Waals surface area contributed by atoms with Crippen molar-refractivity contribution in [3.8, 4) is 0 Å². The number of esters is 2. The van der Waals surface area contributed by atoms with Gasteiger partial charge in [0.15, 0.2) is 10.8 Å². The van der Waals surface area contributed by atoms with Crippen LogP contribution in [0.2, 0.25) is 0 Å². The molecule has 2 fully saturated rings. The van der Waals surface area contributed by atoms with Crippen LogP contribution in [-0.4, -0.2) is 48.0 Å². The average molecular weight is 358 g/mol. The van der Waals surface area contributed by atoms with Crippen molar-refractivity contribution in [2.75, 3.05) is 13.2 Å². The fraction of sp³-hybridized carbons (Fsp3) is 0.667. The summed E-state index contributed by atoms with van der Waals surface area (Å²) in [7, 11) is 0. The number of hydrogen-bond acceptors (Lipinski definition) is 8. The molecule has 2 saturated carbocycles. The average Bonchev–Trinajstić information content (AvgIpc) is 3.34. The zero-order chi connectivity index (χ0) is 18.4. The van der Waals surface area contributed by atoms with Crippen molar-refractivity contribution in [2.45, 2.75) is 52.4 Å². The van der Waals surface area contributed by atoms with Gasteiger partial charge in [0.2, 0.25) is 0 Å². The van der Waals surface area contributed by atoms with Crippen molar-refractivity contribution in [1.82, 2.24) is 0 Å². The molecule has 0 aromatic heterocycles. The van der Waals surface area contributed by atoms with E-state index in [1.54, 1.807) is 13.8 Å². The second-order valence-corrected chi connectivity index (χ2v) is 6.95. The highest BCUT2D eigenvalue weighted by Crippen LogP contribution is 2.49. The normalized spacial score (nSPS) is 31.6. The van der Waals surface area contributed by atoms with E-state index in [-0.39, 0.29) is 25.2 Å². The van der Waals surface area contributed by atoms with Crippen LogP contribution in [0.25, 0.3) is 0 Å². The lowest BCUT2D eigenvalue weighted by Crippen LogP contribution is -2.53. The van der Waals surface area contributed by atoms with Crippen molar-refractivity contribution in [1.29, 1.82) is 0 Å². The van der Waals surface area contributed by atoms with Gasteiger partial charge in [-0.1, -0.05) is 0 Å². The number of carbonyl (C=O) groups excluding carboxylic acids is 2. The molecule has 138 valence electrons. The minimum atomic E-state index is -1.03. The molecule has 0 aromatic rings. The molecule has 4 rings (SSSR count). The maximum absolute atomic E-state index is 12.9. The van der Waals surface area contributed by atoms with Gasteiger partial charge in [-0.2, -0.15) is 20.4 Å². The van der Waals surface area contributed by atoms with Crippen LogP contribution in [0, 0.1) is 10.8 Å². The second kappa shape index (κ2) is 6.10. The van der Waals surface area contributed by atoms with Crippen LogP contribution in [0.4, 0.5) is 0 Å². The third-order valence-electron chi connectivity index (χ3n) is 5.74. The SMILES string of the molecule is CCOC(=O)[C@@]12CCCC1=NN=C2C1=NN=C2CCC[C@]21C(=O)OCC. The predicted molar refractivity (Wildman–Crippen MR) is 95.6 cm³/mol. The molecule has 0 unspecified atom stereocenters. The number of hydrogen-bond donors (Lipinski definition) is 0. The molecule has 0 saturated heterocycles. The van der Waals surface area contributed by atoms with Crippen LogP contribution < -0.4 is 0 Å². The van der Waals surface area contributed by atoms with Gasteiger partial charge in [-0.05, 0) is 52.4 Å². The number of rotatable bonds is 5. The molecule has 2 aliphatic carbocycles. The standard InChI is InChI=1S/C18H22N4O4/c1-3-25-15(23)17-9-5-7-11(17)19-21-13(17)14-18(16(24)26-4-2)10-6-8-12(18)20-22-14/h3-10H2,1-2H3/t17-,18-/m0/s1. The topological polar surface area (TPSA) is 102 Å². The molecule has 0 aromatic carbocycles. The highest BCUT2D eigenvalue weighted by atomic mass is 16.5. The Morgan fingerprint density at radius 1 is 0.808 bits per heavy atom. The summed E-state index contributed by atoms with van der Waals surface area (Å²) in [6.45, 7) is 4.10. The first-order valence-corrected chi connectivity index (χ1v) is 9.27. The van der Waals surface area contributed by atoms with Crippen LogP contribution in [0.3, 0.4) is 0 Å². The Bertz CT molecular complexity index is 731. The Hall–Kier alpha value is -2.38. The van der Waals surface area contributed by atoms with Crippen LogP contribution in [-0.2, 0) is 19.1 Å². The minimum absolute atomic E-state index is 0.276. The van der Waals surface area contributed by atoms with Crippen LogP contribution >= 0.6 is 0 Å². The van der Waals surface area contributed by atoms with E-state index in [4.69, 9.17) is 9.47 Å². The molecule has 4 aliphatic rings. The molecule has 0 spiro atoms. The maximum Gasteiger partial charge on any atom is 0.324 e. The lowest BCUT2D eigenvalue weighted by molar-refractivity contribution is -0.149. The summed E-state index contributed by atoms with van der Waals surface area (Å²) in [5.74, 6) is -0.721. The van der Waals surface area contributed by atoms with Gasteiger partial charge in [0.25, 0.3) is 0 Å². The Kier molecular flexibility index (Phi) is 4.00. The highest BCUT2D eigenvalue weighted by molar-refractivity contribution is 6.60. The molecular weight excluding hydrogens is 336 g/mol. The summed E-state index contributed by atoms with van der Waals surface area (Å²) in [4.78, 5) is 25.8. The van der Waals surface area contributed by atoms with Crippen LogP contribution in [0.5, 0.6) is 0 Å². The summed E-state index contributed by atoms with van der Waals surface area (Å²) < 4.78 is 10.7. The number of nitrogens with zero attached hydrogens (tertiary/aromatic N) is 4. The zero-order valence-electron chi connectivity index (χ0n) is 15.1. The van der Waals surface area contributed by atoms with Gasteiger partial charge >= 0.3 is 11.9 Å². The summed E-state index contributed by atoms with van der Waals surface area (Å²) in [5, 5.41) is 17.2. The van der Waals surface area contributed by atoms with E-state index in [1.807, 2.05) is 0 Å². The molecule has 0 radical (unpaired) electrons. The van der Waals surface area contributed by atoms with E-state index < -0.39 is 10.8 Å². The second-order valence-electron chi connectivity index (χ2n) is 6.95. The monoisotopic (exact) mass is 358 g/mol. The first-order chi connectivity index (χ1) is 12.6. The minimum Gasteiger partial charge on any atom is -0.465 e. The molecule has 2 heterocycles. The Morgan fingerprint density at radius 2 is 1.23 bits per heavy atom. The molecule has 8 nitrogen and oxygen atoms in total. The summed E-state index contributed by atoms with van der Waals surface area (Å²) in [5.41, 5.74) is 0.219. The van der Waals surface area contributed by atoms with Gasteiger partial charge in [0.05, 0.1) is 24.6 Å². The van der Waals surface area contributed by atoms with E-state index >= 15 is 0 Å². The summed E-state index contributed by atoms with van der Waals surface area (Å²) >= 11 is 0. The Morgan fingerprint density at radius 3 is 1.62 bits per heavy atom. The maximum atomic E-state index is 12.9. The Balaban J connectivity index is 1.77. The number of ether oxygens (including phenoxy) is 2. The van der Waals surface area contributed by atoms with Crippen molar-refractivity contribution in [3.63, 3.8) is 0 Å². The van der Waals surface area contributed by atoms with E-state index in [0.29, 0.717) is 48.5 Å². The van der Waals surface area contributed by atoms with E-state index in [1.165, 1.54) is 0 Å². The lowest BCUT2D eigenvalue weighted by Gasteiger charge is -2.30.